The summed E-state index contributed by atoms with van der Waals surface area (Å²) in [6.45, 7) is 6.38. The molecule has 5 heteroatoms. The first-order chi connectivity index (χ1) is 13.7. The highest BCUT2D eigenvalue weighted by atomic mass is 16.5. The van der Waals surface area contributed by atoms with E-state index < -0.39 is 0 Å². The third kappa shape index (κ3) is 5.04. The van der Waals surface area contributed by atoms with Gasteiger partial charge in [0.2, 0.25) is 0 Å². The van der Waals surface area contributed by atoms with E-state index in [1.165, 1.54) is 0 Å². The molecule has 1 aliphatic rings. The molecule has 3 rings (SSSR count). The summed E-state index contributed by atoms with van der Waals surface area (Å²) < 4.78 is 12.0. The maximum Gasteiger partial charge on any atom is 0.251 e. The number of hydrogen-bond acceptors (Lipinski definition) is 4. The van der Waals surface area contributed by atoms with Crippen LogP contribution in [0.5, 0.6) is 5.75 Å². The predicted molar refractivity (Wildman–Crippen MR) is 112 cm³/mol. The van der Waals surface area contributed by atoms with Gasteiger partial charge in [0, 0.05) is 17.7 Å². The molecule has 2 aromatic rings. The molecule has 150 valence electrons. The van der Waals surface area contributed by atoms with Crippen LogP contribution in [0.2, 0.25) is 0 Å². The highest BCUT2D eigenvalue weighted by Crippen LogP contribution is 2.36. The van der Waals surface area contributed by atoms with E-state index in [2.05, 4.69) is 29.7 Å². The zero-order valence-corrected chi connectivity index (χ0v) is 16.8. The summed E-state index contributed by atoms with van der Waals surface area (Å²) >= 11 is 0. The molecule has 1 aliphatic heterocycles. The van der Waals surface area contributed by atoms with Gasteiger partial charge in [0.05, 0.1) is 24.9 Å². The fourth-order valence-electron chi connectivity index (χ4n) is 3.41. The van der Waals surface area contributed by atoms with E-state index in [1.54, 1.807) is 0 Å². The molecule has 0 spiro atoms. The second-order valence-electron chi connectivity index (χ2n) is 7.08. The Bertz CT molecular complexity index is 777. The van der Waals surface area contributed by atoms with Crippen molar-refractivity contribution in [1.29, 1.82) is 0 Å². The molecule has 2 aromatic carbocycles. The van der Waals surface area contributed by atoms with Crippen LogP contribution < -0.4 is 15.4 Å². The lowest BCUT2D eigenvalue weighted by molar-refractivity contribution is 0.0941. The Morgan fingerprint density at radius 2 is 2.04 bits per heavy atom. The van der Waals surface area contributed by atoms with Crippen LogP contribution in [0, 0.1) is 0 Å². The minimum Gasteiger partial charge on any atom is -0.489 e. The molecule has 28 heavy (non-hydrogen) atoms. The largest absolute Gasteiger partial charge is 0.489 e. The molecule has 0 saturated carbocycles. The number of benzene rings is 2. The Morgan fingerprint density at radius 3 is 2.79 bits per heavy atom. The van der Waals surface area contributed by atoms with Gasteiger partial charge in [-0.1, -0.05) is 43.7 Å². The average Bonchev–Trinajstić information content (AvgIpc) is 2.72. The van der Waals surface area contributed by atoms with Crippen molar-refractivity contribution in [3.63, 3.8) is 0 Å². The van der Waals surface area contributed by atoms with Gasteiger partial charge < -0.3 is 20.1 Å². The van der Waals surface area contributed by atoms with Crippen LogP contribution in [0.4, 0.5) is 5.69 Å². The van der Waals surface area contributed by atoms with Crippen LogP contribution in [0.3, 0.4) is 0 Å². The van der Waals surface area contributed by atoms with Crippen molar-refractivity contribution in [2.45, 2.75) is 45.8 Å². The maximum absolute atomic E-state index is 12.4. The van der Waals surface area contributed by atoms with Crippen molar-refractivity contribution >= 4 is 11.6 Å². The van der Waals surface area contributed by atoms with Crippen LogP contribution in [0.1, 0.15) is 48.2 Å². The zero-order valence-electron chi connectivity index (χ0n) is 16.8. The van der Waals surface area contributed by atoms with Gasteiger partial charge in [-0.2, -0.15) is 0 Å². The Kier molecular flexibility index (Phi) is 7.31. The molecule has 0 aromatic heterocycles. The highest BCUT2D eigenvalue weighted by molar-refractivity contribution is 5.97. The molecule has 1 atom stereocenters. The summed E-state index contributed by atoms with van der Waals surface area (Å²) in [5, 5.41) is 6.42. The molecule has 0 aliphatic carbocycles. The Hall–Kier alpha value is -2.53. The summed E-state index contributed by atoms with van der Waals surface area (Å²) in [5.41, 5.74) is 3.82. The molecule has 5 nitrogen and oxygen atoms in total. The topological polar surface area (TPSA) is 59.6 Å². The molecular formula is C23H30N2O3. The number of amides is 1. The van der Waals surface area contributed by atoms with Crippen molar-refractivity contribution in [3.8, 4) is 5.75 Å². The fourth-order valence-corrected chi connectivity index (χ4v) is 3.41. The summed E-state index contributed by atoms with van der Waals surface area (Å²) in [5.74, 6) is 0.782. The predicted octanol–water partition coefficient (Wildman–Crippen LogP) is 4.17. The second kappa shape index (κ2) is 10.1. The first-order valence-corrected chi connectivity index (χ1v) is 10.2. The van der Waals surface area contributed by atoms with E-state index in [1.807, 2.05) is 37.3 Å². The van der Waals surface area contributed by atoms with Gasteiger partial charge in [0.25, 0.3) is 5.91 Å². The van der Waals surface area contributed by atoms with E-state index in [4.69, 9.17) is 9.47 Å². The minimum absolute atomic E-state index is 0.0340. The Labute approximate surface area is 167 Å². The quantitative estimate of drug-likeness (QED) is 0.683. The van der Waals surface area contributed by atoms with E-state index in [0.29, 0.717) is 26.4 Å². The molecule has 0 saturated heterocycles. The number of anilines is 1. The van der Waals surface area contributed by atoms with Gasteiger partial charge >= 0.3 is 0 Å². The molecule has 0 bridgehead atoms. The zero-order chi connectivity index (χ0) is 19.8. The van der Waals surface area contributed by atoms with Crippen molar-refractivity contribution in [2.75, 3.05) is 25.1 Å². The maximum atomic E-state index is 12.4. The number of unbranched alkanes of at least 4 members (excludes halogenated alkanes) is 1. The lowest BCUT2D eigenvalue weighted by atomic mass is 9.98. The van der Waals surface area contributed by atoms with Crippen molar-refractivity contribution in [3.05, 3.63) is 59.2 Å². The number of rotatable bonds is 9. The normalized spacial score (nSPS) is 15.3. The van der Waals surface area contributed by atoms with Crippen LogP contribution >= 0.6 is 0 Å². The third-order valence-electron chi connectivity index (χ3n) is 4.84. The monoisotopic (exact) mass is 382 g/mol. The SMILES string of the molecule is CCCCc1c(C(=O)NCC)ccc2c1OCC(COCc1ccccc1)N2. The Morgan fingerprint density at radius 1 is 1.21 bits per heavy atom. The van der Waals surface area contributed by atoms with Gasteiger partial charge in [0.1, 0.15) is 12.4 Å². The second-order valence-corrected chi connectivity index (χ2v) is 7.08. The number of fused-ring (bicyclic) bond motifs is 1. The molecule has 1 amide bonds. The van der Waals surface area contributed by atoms with E-state index in [0.717, 1.165) is 47.4 Å². The molecule has 0 fully saturated rings. The van der Waals surface area contributed by atoms with Gasteiger partial charge in [-0.25, -0.2) is 0 Å². The number of carbonyl (C=O) groups excluding carboxylic acids is 1. The van der Waals surface area contributed by atoms with E-state index in [-0.39, 0.29) is 11.9 Å². The van der Waals surface area contributed by atoms with Crippen molar-refractivity contribution in [2.24, 2.45) is 0 Å². The van der Waals surface area contributed by atoms with Crippen molar-refractivity contribution in [1.82, 2.24) is 5.32 Å². The average molecular weight is 383 g/mol. The summed E-state index contributed by atoms with van der Waals surface area (Å²) in [6, 6.07) is 14.1. The molecule has 2 N–H and O–H groups in total. The van der Waals surface area contributed by atoms with E-state index in [9.17, 15) is 4.79 Å². The Balaban J connectivity index is 1.67. The lowest BCUT2D eigenvalue weighted by Gasteiger charge is -2.30. The number of nitrogens with one attached hydrogen (secondary N) is 2. The summed E-state index contributed by atoms with van der Waals surface area (Å²) in [7, 11) is 0. The third-order valence-corrected chi connectivity index (χ3v) is 4.84. The summed E-state index contributed by atoms with van der Waals surface area (Å²) in [4.78, 5) is 12.4. The molecular weight excluding hydrogens is 352 g/mol. The van der Waals surface area contributed by atoms with Gasteiger partial charge in [-0.05, 0) is 37.5 Å². The minimum atomic E-state index is -0.0340. The van der Waals surface area contributed by atoms with Gasteiger partial charge in [-0.15, -0.1) is 0 Å². The number of carbonyl (C=O) groups is 1. The van der Waals surface area contributed by atoms with Crippen molar-refractivity contribution < 1.29 is 14.3 Å². The smallest absolute Gasteiger partial charge is 0.251 e. The lowest BCUT2D eigenvalue weighted by Crippen LogP contribution is -2.36. The number of hydrogen-bond donors (Lipinski definition) is 2. The van der Waals surface area contributed by atoms with E-state index >= 15 is 0 Å². The van der Waals surface area contributed by atoms with Crippen LogP contribution in [-0.2, 0) is 17.8 Å². The molecule has 1 unspecified atom stereocenters. The first-order valence-electron chi connectivity index (χ1n) is 10.2. The van der Waals surface area contributed by atoms with Gasteiger partial charge in [0.15, 0.2) is 0 Å². The van der Waals surface area contributed by atoms with Gasteiger partial charge in [-0.3, -0.25) is 4.79 Å². The van der Waals surface area contributed by atoms with Crippen LogP contribution in [0.15, 0.2) is 42.5 Å². The molecule has 0 radical (unpaired) electrons. The number of ether oxygens (including phenoxy) is 2. The summed E-state index contributed by atoms with van der Waals surface area (Å²) in [6.07, 6.45) is 2.93. The van der Waals surface area contributed by atoms with Crippen LogP contribution in [0.25, 0.3) is 0 Å². The fraction of sp³-hybridized carbons (Fsp3) is 0.435. The molecule has 1 heterocycles. The highest BCUT2D eigenvalue weighted by Gasteiger charge is 2.25. The standard InChI is InChI=1S/C23H30N2O3/c1-3-5-11-19-20(23(26)24-4-2)12-13-21-22(19)28-16-18(25-21)15-27-14-17-9-7-6-8-10-17/h6-10,12-13,18,25H,3-5,11,14-16H2,1-2H3,(H,24,26). The first kappa shape index (κ1) is 20.2. The van der Waals surface area contributed by atoms with Crippen LogP contribution in [-0.4, -0.2) is 31.7 Å².